The van der Waals surface area contributed by atoms with Crippen molar-refractivity contribution in [2.24, 2.45) is 0 Å². The van der Waals surface area contributed by atoms with Crippen molar-refractivity contribution in [3.8, 4) is 5.75 Å². The van der Waals surface area contributed by atoms with E-state index in [9.17, 15) is 0 Å². The number of ether oxygens (including phenoxy) is 1. The van der Waals surface area contributed by atoms with E-state index in [0.717, 1.165) is 39.3 Å². The number of fused-ring (bicyclic) bond motifs is 3. The predicted octanol–water partition coefficient (Wildman–Crippen LogP) is 5.19. The first-order valence-electron chi connectivity index (χ1n) is 10.0. The number of nitrogens with one attached hydrogen (secondary N) is 1. The van der Waals surface area contributed by atoms with Gasteiger partial charge in [-0.2, -0.15) is 10.1 Å². The zero-order valence-electron chi connectivity index (χ0n) is 16.7. The summed E-state index contributed by atoms with van der Waals surface area (Å²) in [4.78, 5) is 8.81. The summed E-state index contributed by atoms with van der Waals surface area (Å²) in [5.74, 6) is 1.49. The number of aryl methyl sites for hydroxylation is 1. The Morgan fingerprint density at radius 2 is 2.00 bits per heavy atom. The molecule has 6 nitrogen and oxygen atoms in total. The van der Waals surface area contributed by atoms with Crippen molar-refractivity contribution < 1.29 is 4.74 Å². The van der Waals surface area contributed by atoms with E-state index >= 15 is 0 Å². The normalized spacial score (nSPS) is 19.0. The Bertz CT molecular complexity index is 1330. The predicted molar refractivity (Wildman–Crippen MR) is 119 cm³/mol. The third-order valence-corrected chi connectivity index (χ3v) is 6.10. The summed E-state index contributed by atoms with van der Waals surface area (Å²) in [5.41, 5.74) is 6.06. The Kier molecular flexibility index (Phi) is 4.07. The van der Waals surface area contributed by atoms with Crippen molar-refractivity contribution in [1.82, 2.24) is 19.7 Å². The molecule has 0 saturated carbocycles. The smallest absolute Gasteiger partial charge is 0.226 e. The molecule has 2 aliphatic rings. The number of hydrogen-bond acceptors (Lipinski definition) is 5. The maximum atomic E-state index is 6.64. The Morgan fingerprint density at radius 3 is 2.84 bits per heavy atom. The molecule has 0 bridgehead atoms. The van der Waals surface area contributed by atoms with E-state index in [1.807, 2.05) is 47.3 Å². The lowest BCUT2D eigenvalue weighted by Gasteiger charge is -2.39. The van der Waals surface area contributed by atoms with Crippen molar-refractivity contribution >= 4 is 23.2 Å². The minimum absolute atomic E-state index is 0.239. The summed E-state index contributed by atoms with van der Waals surface area (Å²) >= 11 is 6.64. The molecule has 0 fully saturated rings. The number of benzene rings is 2. The van der Waals surface area contributed by atoms with Gasteiger partial charge in [-0.25, -0.2) is 4.68 Å². The summed E-state index contributed by atoms with van der Waals surface area (Å²) < 4.78 is 8.48. The number of pyridine rings is 1. The second-order valence-corrected chi connectivity index (χ2v) is 8.10. The van der Waals surface area contributed by atoms with Gasteiger partial charge in [0.15, 0.2) is 6.10 Å². The highest BCUT2D eigenvalue weighted by atomic mass is 35.5. The minimum Gasteiger partial charge on any atom is -0.480 e. The molecule has 0 amide bonds. The number of aromatic nitrogens is 4. The molecule has 152 valence electrons. The third-order valence-electron chi connectivity index (χ3n) is 5.76. The van der Waals surface area contributed by atoms with Gasteiger partial charge in [-0.05, 0) is 36.8 Å². The number of nitrogens with zero attached hydrogens (tertiary/aromatic N) is 4. The zero-order valence-corrected chi connectivity index (χ0v) is 17.4. The largest absolute Gasteiger partial charge is 0.480 e. The highest BCUT2D eigenvalue weighted by molar-refractivity contribution is 6.31. The van der Waals surface area contributed by atoms with E-state index in [0.29, 0.717) is 11.0 Å². The van der Waals surface area contributed by atoms with Gasteiger partial charge in [0.05, 0.1) is 5.70 Å². The highest BCUT2D eigenvalue weighted by Crippen LogP contribution is 2.51. The average Bonchev–Trinajstić information content (AvgIpc) is 3.27. The maximum Gasteiger partial charge on any atom is 0.226 e. The first-order valence-corrected chi connectivity index (χ1v) is 10.4. The van der Waals surface area contributed by atoms with E-state index in [1.165, 1.54) is 0 Å². The van der Waals surface area contributed by atoms with Crippen LogP contribution < -0.4 is 10.1 Å². The lowest BCUT2D eigenvalue weighted by atomic mass is 9.85. The minimum atomic E-state index is -0.394. The lowest BCUT2D eigenvalue weighted by Crippen LogP contribution is -2.32. The fraction of sp³-hybridized carbons (Fsp3) is 0.125. The Hall–Kier alpha value is -3.64. The molecular formula is C24H18ClN5O. The maximum absolute atomic E-state index is 6.64. The Morgan fingerprint density at radius 1 is 1.10 bits per heavy atom. The molecule has 7 heteroatoms. The van der Waals surface area contributed by atoms with Gasteiger partial charge in [-0.3, -0.25) is 4.98 Å². The quantitative estimate of drug-likeness (QED) is 0.476. The fourth-order valence-electron chi connectivity index (χ4n) is 4.39. The van der Waals surface area contributed by atoms with E-state index in [2.05, 4.69) is 45.5 Å². The van der Waals surface area contributed by atoms with Gasteiger partial charge in [0, 0.05) is 34.1 Å². The Labute approximate surface area is 184 Å². The number of halogens is 1. The molecule has 6 rings (SSSR count). The molecule has 2 atom stereocenters. The molecule has 0 radical (unpaired) electrons. The zero-order chi connectivity index (χ0) is 20.9. The molecule has 0 saturated heterocycles. The van der Waals surface area contributed by atoms with Gasteiger partial charge in [-0.15, -0.1) is 0 Å². The van der Waals surface area contributed by atoms with Crippen molar-refractivity contribution in [2.45, 2.75) is 19.1 Å². The van der Waals surface area contributed by atoms with Crippen LogP contribution in [0.15, 0.2) is 78.9 Å². The van der Waals surface area contributed by atoms with Crippen molar-refractivity contribution in [2.75, 3.05) is 5.32 Å². The van der Waals surface area contributed by atoms with E-state index in [1.54, 1.807) is 12.5 Å². The van der Waals surface area contributed by atoms with Gasteiger partial charge in [0.2, 0.25) is 5.95 Å². The highest BCUT2D eigenvalue weighted by Gasteiger charge is 2.41. The molecule has 0 aliphatic carbocycles. The second kappa shape index (κ2) is 6.96. The average molecular weight is 428 g/mol. The fourth-order valence-corrected chi connectivity index (χ4v) is 4.62. The van der Waals surface area contributed by atoms with Gasteiger partial charge in [-0.1, -0.05) is 47.5 Å². The first kappa shape index (κ1) is 18.2. The second-order valence-electron chi connectivity index (χ2n) is 7.69. The molecule has 0 spiro atoms. The van der Waals surface area contributed by atoms with Crippen molar-refractivity contribution in [3.05, 3.63) is 106 Å². The van der Waals surface area contributed by atoms with E-state index < -0.39 is 6.10 Å². The summed E-state index contributed by atoms with van der Waals surface area (Å²) in [5, 5.41) is 8.69. The number of hydrogen-bond donors (Lipinski definition) is 1. The molecule has 2 aromatic carbocycles. The van der Waals surface area contributed by atoms with Gasteiger partial charge < -0.3 is 10.1 Å². The van der Waals surface area contributed by atoms with Crippen LogP contribution in [0.2, 0.25) is 5.02 Å². The summed E-state index contributed by atoms with van der Waals surface area (Å²) in [6.07, 6.45) is 4.80. The summed E-state index contributed by atoms with van der Waals surface area (Å²) in [6, 6.07) is 17.7. The standard InChI is InChI=1S/C24H18ClN5O/c1-14-8-9-19-17(11-14)21-20(23(31-19)16-6-2-3-7-18(16)25)22(15-5-4-10-26-12-15)30-24(29-21)27-13-28-30/h2-13,22-23H,1H3,(H,27,28,29)/t22-,23+/m1/s1. The molecular weight excluding hydrogens is 410 g/mol. The van der Waals surface area contributed by atoms with Crippen molar-refractivity contribution in [1.29, 1.82) is 0 Å². The third kappa shape index (κ3) is 2.83. The molecule has 4 heterocycles. The van der Waals surface area contributed by atoms with Crippen LogP contribution in [0.4, 0.5) is 5.95 Å². The first-order chi connectivity index (χ1) is 15.2. The van der Waals surface area contributed by atoms with Gasteiger partial charge in [0.25, 0.3) is 0 Å². The molecule has 0 unspecified atom stereocenters. The van der Waals surface area contributed by atoms with Gasteiger partial charge >= 0.3 is 0 Å². The molecule has 2 aliphatic heterocycles. The summed E-state index contributed by atoms with van der Waals surface area (Å²) in [6.45, 7) is 2.07. The Balaban J connectivity index is 1.66. The molecule has 1 N–H and O–H groups in total. The molecule has 2 aromatic heterocycles. The molecule has 31 heavy (non-hydrogen) atoms. The summed E-state index contributed by atoms with van der Waals surface area (Å²) in [7, 11) is 0. The van der Waals surface area contributed by atoms with Crippen LogP contribution in [-0.2, 0) is 0 Å². The number of rotatable bonds is 2. The van der Waals surface area contributed by atoms with Crippen LogP contribution in [0.1, 0.15) is 34.4 Å². The van der Waals surface area contributed by atoms with Crippen LogP contribution in [0.3, 0.4) is 0 Å². The van der Waals surface area contributed by atoms with Crippen LogP contribution in [0, 0.1) is 6.92 Å². The van der Waals surface area contributed by atoms with Crippen LogP contribution in [0.25, 0.3) is 5.70 Å². The lowest BCUT2D eigenvalue weighted by molar-refractivity contribution is 0.223. The van der Waals surface area contributed by atoms with Gasteiger partial charge in [0.1, 0.15) is 18.1 Å². The van der Waals surface area contributed by atoms with Crippen molar-refractivity contribution in [3.63, 3.8) is 0 Å². The molecule has 4 aromatic rings. The van der Waals surface area contributed by atoms with E-state index in [4.69, 9.17) is 16.3 Å². The monoisotopic (exact) mass is 427 g/mol. The van der Waals surface area contributed by atoms with Crippen LogP contribution in [0.5, 0.6) is 5.75 Å². The topological polar surface area (TPSA) is 64.9 Å². The van der Waals surface area contributed by atoms with Crippen LogP contribution >= 0.6 is 11.6 Å². The number of anilines is 1. The SMILES string of the molecule is Cc1ccc2c(c1)C1=C([C@H](c3ccccc3Cl)O2)[C@@H](c2cccnc2)n2ncnc2N1. The van der Waals surface area contributed by atoms with E-state index in [-0.39, 0.29) is 6.04 Å². The van der Waals surface area contributed by atoms with Crippen LogP contribution in [-0.4, -0.2) is 19.7 Å².